The van der Waals surface area contributed by atoms with Crippen molar-refractivity contribution in [3.63, 3.8) is 0 Å². The number of nitrogens with zero attached hydrogens (tertiary/aromatic N) is 2. The normalized spacial score (nSPS) is 15.9. The number of nitrogens with one attached hydrogen (secondary N) is 2. The molecule has 5 heteroatoms. The van der Waals surface area contributed by atoms with Gasteiger partial charge in [0.1, 0.15) is 0 Å². The zero-order chi connectivity index (χ0) is 15.6. The van der Waals surface area contributed by atoms with E-state index in [-0.39, 0.29) is 11.6 Å². The average molecular weight is 298 g/mol. The van der Waals surface area contributed by atoms with E-state index in [1.807, 2.05) is 43.6 Å². The van der Waals surface area contributed by atoms with Gasteiger partial charge in [-0.05, 0) is 26.2 Å². The first-order valence-electron chi connectivity index (χ1n) is 7.70. The Morgan fingerprint density at radius 2 is 2.05 bits per heavy atom. The van der Waals surface area contributed by atoms with E-state index < -0.39 is 0 Å². The van der Waals surface area contributed by atoms with Gasteiger partial charge in [-0.2, -0.15) is 5.10 Å². The molecule has 2 N–H and O–H groups in total. The fraction of sp³-hybridized carbons (Fsp3) is 0.412. The number of carbonyl (C=O) groups is 1. The van der Waals surface area contributed by atoms with Gasteiger partial charge in [-0.1, -0.05) is 30.3 Å². The van der Waals surface area contributed by atoms with Crippen LogP contribution in [0.3, 0.4) is 0 Å². The van der Waals surface area contributed by atoms with Gasteiger partial charge in [0.15, 0.2) is 0 Å². The molecule has 1 heterocycles. The predicted molar refractivity (Wildman–Crippen MR) is 86.3 cm³/mol. The summed E-state index contributed by atoms with van der Waals surface area (Å²) in [4.78, 5) is 12.0. The van der Waals surface area contributed by atoms with E-state index >= 15 is 0 Å². The molecule has 1 aliphatic rings. The molecule has 0 unspecified atom stereocenters. The van der Waals surface area contributed by atoms with Crippen LogP contribution in [-0.4, -0.2) is 21.4 Å². The molecule has 116 valence electrons. The number of carbonyl (C=O) groups excluding carboxylic acids is 1. The van der Waals surface area contributed by atoms with Gasteiger partial charge in [0.25, 0.3) is 0 Å². The molecule has 1 fully saturated rings. The predicted octanol–water partition coefficient (Wildman–Crippen LogP) is 2.83. The summed E-state index contributed by atoms with van der Waals surface area (Å²) in [6.07, 6.45) is 5.26. The molecule has 2 amide bonds. The summed E-state index contributed by atoms with van der Waals surface area (Å²) >= 11 is 0. The Morgan fingerprint density at radius 3 is 2.68 bits per heavy atom. The second-order valence-electron chi connectivity index (χ2n) is 6.26. The Hall–Kier alpha value is -2.30. The zero-order valence-corrected chi connectivity index (χ0v) is 13.1. The smallest absolute Gasteiger partial charge is 0.315 e. The van der Waals surface area contributed by atoms with Gasteiger partial charge in [0, 0.05) is 36.5 Å². The summed E-state index contributed by atoms with van der Waals surface area (Å²) in [5.41, 5.74) is 2.97. The van der Waals surface area contributed by atoms with E-state index in [0.717, 1.165) is 29.7 Å². The lowest BCUT2D eigenvalue weighted by atomic mass is 9.79. The zero-order valence-electron chi connectivity index (χ0n) is 13.1. The Labute approximate surface area is 130 Å². The molecule has 1 aromatic heterocycles. The number of hydrogen-bond acceptors (Lipinski definition) is 2. The molecule has 0 spiro atoms. The molecule has 1 aliphatic carbocycles. The van der Waals surface area contributed by atoms with E-state index in [4.69, 9.17) is 0 Å². The molecule has 2 aromatic rings. The third kappa shape index (κ3) is 3.13. The summed E-state index contributed by atoms with van der Waals surface area (Å²) in [6, 6.07) is 9.92. The number of rotatable bonds is 4. The summed E-state index contributed by atoms with van der Waals surface area (Å²) < 4.78 is 1.78. The van der Waals surface area contributed by atoms with E-state index in [1.165, 1.54) is 6.42 Å². The highest BCUT2D eigenvalue weighted by molar-refractivity contribution is 5.75. The van der Waals surface area contributed by atoms with Crippen LogP contribution in [0.15, 0.2) is 36.5 Å². The van der Waals surface area contributed by atoms with Crippen LogP contribution in [0.2, 0.25) is 0 Å². The molecule has 22 heavy (non-hydrogen) atoms. The number of amides is 2. The van der Waals surface area contributed by atoms with Crippen LogP contribution in [-0.2, 0) is 13.6 Å². The van der Waals surface area contributed by atoms with Gasteiger partial charge < -0.3 is 10.6 Å². The van der Waals surface area contributed by atoms with Gasteiger partial charge in [0.2, 0.25) is 0 Å². The number of urea groups is 1. The van der Waals surface area contributed by atoms with Gasteiger partial charge in [-0.3, -0.25) is 4.68 Å². The number of hydrogen-bond donors (Lipinski definition) is 2. The molecular formula is C17H22N4O. The minimum Gasteiger partial charge on any atom is -0.334 e. The molecule has 0 saturated heterocycles. The van der Waals surface area contributed by atoms with Gasteiger partial charge in [-0.25, -0.2) is 4.79 Å². The minimum absolute atomic E-state index is 0.0265. The summed E-state index contributed by atoms with van der Waals surface area (Å²) in [5.74, 6) is 0. The van der Waals surface area contributed by atoms with Crippen molar-refractivity contribution in [2.45, 2.75) is 38.3 Å². The number of aromatic nitrogens is 2. The maximum absolute atomic E-state index is 12.0. The molecule has 5 nitrogen and oxygen atoms in total. The van der Waals surface area contributed by atoms with Crippen LogP contribution >= 0.6 is 0 Å². The van der Waals surface area contributed by atoms with E-state index in [2.05, 4.69) is 22.7 Å². The molecule has 0 radical (unpaired) electrons. The molecule has 1 saturated carbocycles. The van der Waals surface area contributed by atoms with Gasteiger partial charge in [-0.15, -0.1) is 0 Å². The summed E-state index contributed by atoms with van der Waals surface area (Å²) in [5, 5.41) is 10.5. The molecule has 0 bridgehead atoms. The van der Waals surface area contributed by atoms with E-state index in [0.29, 0.717) is 6.54 Å². The lowest BCUT2D eigenvalue weighted by molar-refractivity contribution is 0.191. The number of aryl methyl sites for hydroxylation is 1. The van der Waals surface area contributed by atoms with Crippen molar-refractivity contribution in [2.24, 2.45) is 7.05 Å². The highest BCUT2D eigenvalue weighted by atomic mass is 16.2. The fourth-order valence-corrected chi connectivity index (χ4v) is 2.83. The molecule has 0 aliphatic heterocycles. The van der Waals surface area contributed by atoms with Crippen LogP contribution in [0.1, 0.15) is 31.7 Å². The molecule has 3 rings (SSSR count). The fourth-order valence-electron chi connectivity index (χ4n) is 2.83. The Bertz CT molecular complexity index is 659. The third-order valence-corrected chi connectivity index (χ3v) is 4.26. The topological polar surface area (TPSA) is 59.0 Å². The van der Waals surface area contributed by atoms with E-state index in [1.54, 1.807) is 4.68 Å². The SMILES string of the molecule is Cn1cc(CNC(=O)NC2(C)CCC2)c(-c2ccccc2)n1. The summed E-state index contributed by atoms with van der Waals surface area (Å²) in [6.45, 7) is 2.57. The second-order valence-corrected chi connectivity index (χ2v) is 6.26. The van der Waals surface area contributed by atoms with E-state index in [9.17, 15) is 4.79 Å². The largest absolute Gasteiger partial charge is 0.334 e. The van der Waals surface area contributed by atoms with Crippen molar-refractivity contribution in [1.82, 2.24) is 20.4 Å². The molecule has 0 atom stereocenters. The Balaban J connectivity index is 1.67. The van der Waals surface area contributed by atoms with Gasteiger partial charge >= 0.3 is 6.03 Å². The van der Waals surface area contributed by atoms with Crippen molar-refractivity contribution in [1.29, 1.82) is 0 Å². The number of benzene rings is 1. The molecular weight excluding hydrogens is 276 g/mol. The summed E-state index contributed by atoms with van der Waals surface area (Å²) in [7, 11) is 1.89. The second kappa shape index (κ2) is 5.83. The third-order valence-electron chi connectivity index (χ3n) is 4.26. The average Bonchev–Trinajstić information content (AvgIpc) is 2.85. The van der Waals surface area contributed by atoms with Crippen LogP contribution in [0, 0.1) is 0 Å². The first-order chi connectivity index (χ1) is 10.6. The van der Waals surface area contributed by atoms with Crippen molar-refractivity contribution in [3.8, 4) is 11.3 Å². The van der Waals surface area contributed by atoms with Crippen LogP contribution in [0.5, 0.6) is 0 Å². The van der Waals surface area contributed by atoms with Crippen molar-refractivity contribution in [3.05, 3.63) is 42.1 Å². The highest BCUT2D eigenvalue weighted by Gasteiger charge is 2.33. The maximum atomic E-state index is 12.0. The molecule has 1 aromatic carbocycles. The monoisotopic (exact) mass is 298 g/mol. The first-order valence-corrected chi connectivity index (χ1v) is 7.70. The van der Waals surface area contributed by atoms with Crippen LogP contribution < -0.4 is 10.6 Å². The lowest BCUT2D eigenvalue weighted by Gasteiger charge is -2.39. The lowest BCUT2D eigenvalue weighted by Crippen LogP contribution is -2.54. The van der Waals surface area contributed by atoms with Crippen molar-refractivity contribution < 1.29 is 4.79 Å². The van der Waals surface area contributed by atoms with Crippen molar-refractivity contribution in [2.75, 3.05) is 0 Å². The van der Waals surface area contributed by atoms with Crippen LogP contribution in [0.25, 0.3) is 11.3 Å². The highest BCUT2D eigenvalue weighted by Crippen LogP contribution is 2.30. The Morgan fingerprint density at radius 1 is 1.32 bits per heavy atom. The quantitative estimate of drug-likeness (QED) is 0.912. The van der Waals surface area contributed by atoms with Crippen molar-refractivity contribution >= 4 is 6.03 Å². The maximum Gasteiger partial charge on any atom is 0.315 e. The standard InChI is InChI=1S/C17H22N4O/c1-17(9-6-10-17)19-16(22)18-11-14-12-21(2)20-15(14)13-7-4-3-5-8-13/h3-5,7-8,12H,6,9-11H2,1-2H3,(H2,18,19,22). The first kappa shape index (κ1) is 14.6. The van der Waals surface area contributed by atoms with Gasteiger partial charge in [0.05, 0.1) is 5.69 Å². The van der Waals surface area contributed by atoms with Crippen LogP contribution in [0.4, 0.5) is 4.79 Å². The Kier molecular flexibility index (Phi) is 3.88. The minimum atomic E-state index is -0.106.